The first-order valence-corrected chi connectivity index (χ1v) is 6.73. The van der Waals surface area contributed by atoms with Crippen molar-refractivity contribution in [3.63, 3.8) is 0 Å². The summed E-state index contributed by atoms with van der Waals surface area (Å²) < 4.78 is 5.68. The smallest absolute Gasteiger partial charge is 0.299 e. The number of phenols is 1. The highest BCUT2D eigenvalue weighted by molar-refractivity contribution is 5.82. The van der Waals surface area contributed by atoms with Gasteiger partial charge in [-0.05, 0) is 42.5 Å². The molecule has 0 saturated carbocycles. The maximum atomic E-state index is 9.31. The van der Waals surface area contributed by atoms with Gasteiger partial charge in [-0.1, -0.05) is 0 Å². The van der Waals surface area contributed by atoms with Gasteiger partial charge in [0.05, 0.1) is 17.9 Å². The minimum absolute atomic E-state index is 0.218. The van der Waals surface area contributed by atoms with Gasteiger partial charge >= 0.3 is 0 Å². The quantitative estimate of drug-likeness (QED) is 0.536. The van der Waals surface area contributed by atoms with Crippen molar-refractivity contribution in [2.45, 2.75) is 0 Å². The summed E-state index contributed by atoms with van der Waals surface area (Å²) in [5, 5.41) is 20.3. The van der Waals surface area contributed by atoms with Gasteiger partial charge in [0.2, 0.25) is 0 Å². The zero-order valence-corrected chi connectivity index (χ0v) is 11.4. The first-order chi connectivity index (χ1) is 10.8. The van der Waals surface area contributed by atoms with Crippen LogP contribution in [0.15, 0.2) is 59.3 Å². The second-order valence-corrected chi connectivity index (χ2v) is 4.87. The van der Waals surface area contributed by atoms with Gasteiger partial charge in [0.25, 0.3) is 6.01 Å². The number of aromatic hydroxyl groups is 1. The molecule has 0 radical (unpaired) electrons. The van der Waals surface area contributed by atoms with Gasteiger partial charge in [-0.3, -0.25) is 5.10 Å². The second kappa shape index (κ2) is 4.92. The van der Waals surface area contributed by atoms with Gasteiger partial charge < -0.3 is 14.8 Å². The Morgan fingerprint density at radius 1 is 1.05 bits per heavy atom. The molecule has 0 unspecified atom stereocenters. The average Bonchev–Trinajstić information content (AvgIpc) is 3.17. The van der Waals surface area contributed by atoms with Gasteiger partial charge in [-0.25, -0.2) is 4.98 Å². The molecular weight excluding hydrogens is 280 g/mol. The molecule has 0 atom stereocenters. The number of hydrogen-bond acceptors (Lipinski definition) is 5. The highest BCUT2D eigenvalue weighted by atomic mass is 16.4. The number of oxazole rings is 1. The van der Waals surface area contributed by atoms with Crippen LogP contribution in [-0.2, 0) is 0 Å². The maximum Gasteiger partial charge on any atom is 0.299 e. The fraction of sp³-hybridized carbons (Fsp3) is 0. The van der Waals surface area contributed by atoms with E-state index in [0.29, 0.717) is 11.8 Å². The highest BCUT2D eigenvalue weighted by Crippen LogP contribution is 2.26. The topological polar surface area (TPSA) is 87.0 Å². The van der Waals surface area contributed by atoms with Crippen LogP contribution in [0.5, 0.6) is 5.75 Å². The molecule has 2 heterocycles. The predicted molar refractivity (Wildman–Crippen MR) is 83.0 cm³/mol. The van der Waals surface area contributed by atoms with E-state index in [-0.39, 0.29) is 5.75 Å². The summed E-state index contributed by atoms with van der Waals surface area (Å²) in [6, 6.07) is 13.0. The number of benzene rings is 2. The highest BCUT2D eigenvalue weighted by Gasteiger charge is 2.07. The molecule has 0 aliphatic rings. The number of phenolic OH excluding ortho intramolecular Hbond substituents is 1. The maximum absolute atomic E-state index is 9.31. The van der Waals surface area contributed by atoms with Crippen molar-refractivity contribution < 1.29 is 9.52 Å². The molecule has 0 spiro atoms. The van der Waals surface area contributed by atoms with Crippen LogP contribution in [0.2, 0.25) is 0 Å². The van der Waals surface area contributed by atoms with Crippen LogP contribution in [0.4, 0.5) is 11.7 Å². The van der Waals surface area contributed by atoms with E-state index in [1.54, 1.807) is 36.7 Å². The Balaban J connectivity index is 1.59. The van der Waals surface area contributed by atoms with Crippen molar-refractivity contribution in [2.24, 2.45) is 0 Å². The second-order valence-electron chi connectivity index (χ2n) is 4.87. The summed E-state index contributed by atoms with van der Waals surface area (Å²) >= 11 is 0. The Labute approximate surface area is 125 Å². The normalized spacial score (nSPS) is 10.9. The number of anilines is 2. The lowest BCUT2D eigenvalue weighted by Gasteiger charge is -2.01. The summed E-state index contributed by atoms with van der Waals surface area (Å²) in [7, 11) is 0. The molecule has 2 aromatic carbocycles. The molecule has 22 heavy (non-hydrogen) atoms. The van der Waals surface area contributed by atoms with Crippen LogP contribution in [0, 0.1) is 0 Å². The van der Waals surface area contributed by atoms with E-state index < -0.39 is 0 Å². The van der Waals surface area contributed by atoms with Crippen molar-refractivity contribution in [2.75, 3.05) is 5.32 Å². The minimum atomic E-state index is 0.218. The van der Waals surface area contributed by atoms with Gasteiger partial charge in [0.15, 0.2) is 5.76 Å². The molecule has 108 valence electrons. The van der Waals surface area contributed by atoms with E-state index in [9.17, 15) is 5.11 Å². The molecule has 0 amide bonds. The van der Waals surface area contributed by atoms with Crippen molar-refractivity contribution in [3.05, 3.63) is 54.9 Å². The fourth-order valence-corrected chi connectivity index (χ4v) is 2.24. The monoisotopic (exact) mass is 292 g/mol. The summed E-state index contributed by atoms with van der Waals surface area (Å²) in [6.45, 7) is 0. The number of aromatic amines is 1. The Morgan fingerprint density at radius 2 is 1.91 bits per heavy atom. The molecule has 0 saturated heterocycles. The third kappa shape index (κ3) is 2.26. The summed E-state index contributed by atoms with van der Waals surface area (Å²) in [5.74, 6) is 0.849. The van der Waals surface area contributed by atoms with E-state index in [0.717, 1.165) is 22.2 Å². The van der Waals surface area contributed by atoms with Crippen molar-refractivity contribution >= 4 is 22.6 Å². The number of hydrogen-bond donors (Lipinski definition) is 3. The van der Waals surface area contributed by atoms with Crippen LogP contribution >= 0.6 is 0 Å². The van der Waals surface area contributed by atoms with Gasteiger partial charge in [0, 0.05) is 16.6 Å². The number of nitrogens with zero attached hydrogens (tertiary/aromatic N) is 2. The predicted octanol–water partition coefficient (Wildman–Crippen LogP) is 3.67. The Kier molecular flexibility index (Phi) is 2.79. The number of H-pyrrole nitrogens is 1. The first-order valence-electron chi connectivity index (χ1n) is 6.73. The molecule has 4 rings (SSSR count). The van der Waals surface area contributed by atoms with Crippen LogP contribution in [0.1, 0.15) is 0 Å². The standard InChI is InChI=1S/C16H12N4O2/c21-13-4-1-10(2-5-13)15-9-17-16(22-15)19-12-3-6-14-11(7-12)8-18-20-14/h1-9,21H,(H,17,19)(H,18,20). The Bertz CT molecular complexity index is 925. The largest absolute Gasteiger partial charge is 0.508 e. The third-order valence-electron chi connectivity index (χ3n) is 3.35. The molecule has 0 aliphatic heterocycles. The van der Waals surface area contributed by atoms with E-state index >= 15 is 0 Å². The van der Waals surface area contributed by atoms with Crippen LogP contribution in [0.3, 0.4) is 0 Å². The molecular formula is C16H12N4O2. The molecule has 6 nitrogen and oxygen atoms in total. The van der Waals surface area contributed by atoms with E-state index in [1.807, 2.05) is 18.2 Å². The number of nitrogens with one attached hydrogen (secondary N) is 2. The van der Waals surface area contributed by atoms with Gasteiger partial charge in [-0.15, -0.1) is 0 Å². The number of fused-ring (bicyclic) bond motifs is 1. The first kappa shape index (κ1) is 12.5. The summed E-state index contributed by atoms with van der Waals surface area (Å²) in [5.41, 5.74) is 2.69. The minimum Gasteiger partial charge on any atom is -0.508 e. The van der Waals surface area contributed by atoms with E-state index in [2.05, 4.69) is 20.5 Å². The SMILES string of the molecule is Oc1ccc(-c2cnc(Nc3ccc4[nH]ncc4c3)o2)cc1. The Hall–Kier alpha value is -3.28. The fourth-order valence-electron chi connectivity index (χ4n) is 2.24. The van der Waals surface area contributed by atoms with Crippen LogP contribution in [-0.4, -0.2) is 20.3 Å². The molecule has 0 aliphatic carbocycles. The molecule has 3 N–H and O–H groups in total. The number of aromatic nitrogens is 3. The summed E-state index contributed by atoms with van der Waals surface area (Å²) in [4.78, 5) is 4.21. The molecule has 0 bridgehead atoms. The van der Waals surface area contributed by atoms with E-state index in [1.165, 1.54) is 0 Å². The zero-order valence-electron chi connectivity index (χ0n) is 11.4. The van der Waals surface area contributed by atoms with Crippen molar-refractivity contribution in [3.8, 4) is 17.1 Å². The third-order valence-corrected chi connectivity index (χ3v) is 3.35. The molecule has 4 aromatic rings. The van der Waals surface area contributed by atoms with Crippen LogP contribution in [0.25, 0.3) is 22.2 Å². The van der Waals surface area contributed by atoms with Crippen molar-refractivity contribution in [1.29, 1.82) is 0 Å². The zero-order chi connectivity index (χ0) is 14.9. The average molecular weight is 292 g/mol. The lowest BCUT2D eigenvalue weighted by molar-refractivity contribution is 0.475. The van der Waals surface area contributed by atoms with E-state index in [4.69, 9.17) is 4.42 Å². The lowest BCUT2D eigenvalue weighted by Crippen LogP contribution is -1.89. The molecule has 6 heteroatoms. The van der Waals surface area contributed by atoms with Gasteiger partial charge in [0.1, 0.15) is 5.75 Å². The molecule has 0 fully saturated rings. The van der Waals surface area contributed by atoms with Crippen molar-refractivity contribution in [1.82, 2.24) is 15.2 Å². The van der Waals surface area contributed by atoms with Crippen LogP contribution < -0.4 is 5.32 Å². The van der Waals surface area contributed by atoms with Gasteiger partial charge in [-0.2, -0.15) is 5.10 Å². The Morgan fingerprint density at radius 3 is 2.77 bits per heavy atom. The number of rotatable bonds is 3. The lowest BCUT2D eigenvalue weighted by atomic mass is 10.2. The summed E-state index contributed by atoms with van der Waals surface area (Å²) in [6.07, 6.45) is 3.41. The molecule has 2 aromatic heterocycles.